The standard InChI is InChI=1S/C50H104N.BrH/c1-5-9-11-13-15-17-19-21-23-25-27-29-31-33-35-37-39-41-43-45-49-51(47-7-3,48-8-4)50-46-44-42-40-38-36-34-32-30-28-26-24-22-20-18-16-14-12-10-6-2;/h5-50H2,1-4H3;1H/q+1;/p-1. The Labute approximate surface area is 343 Å². The zero-order chi connectivity index (χ0) is 37.0. The zero-order valence-corrected chi connectivity index (χ0v) is 38.9. The van der Waals surface area contributed by atoms with Crippen LogP contribution in [0.5, 0.6) is 0 Å². The molecule has 0 rings (SSSR count). The lowest BCUT2D eigenvalue weighted by molar-refractivity contribution is -0.928. The van der Waals surface area contributed by atoms with Gasteiger partial charge in [0.1, 0.15) is 0 Å². The quantitative estimate of drug-likeness (QED) is 0.0425. The Morgan fingerprint density at radius 1 is 0.173 bits per heavy atom. The van der Waals surface area contributed by atoms with Gasteiger partial charge in [-0.1, -0.05) is 259 Å². The molecule has 0 aliphatic heterocycles. The van der Waals surface area contributed by atoms with Gasteiger partial charge in [0.25, 0.3) is 0 Å². The highest BCUT2D eigenvalue weighted by atomic mass is 79.9. The highest BCUT2D eigenvalue weighted by molar-refractivity contribution is 4.55. The Hall–Kier alpha value is 0.440. The van der Waals surface area contributed by atoms with E-state index in [0.29, 0.717) is 0 Å². The van der Waals surface area contributed by atoms with Crippen LogP contribution in [0.1, 0.15) is 297 Å². The molecule has 52 heavy (non-hydrogen) atoms. The number of nitrogens with zero attached hydrogens (tertiary/aromatic N) is 1. The van der Waals surface area contributed by atoms with Gasteiger partial charge in [0, 0.05) is 0 Å². The summed E-state index contributed by atoms with van der Waals surface area (Å²) in [4.78, 5) is 0. The molecule has 1 nitrogen and oxygen atoms in total. The Morgan fingerprint density at radius 3 is 0.481 bits per heavy atom. The van der Waals surface area contributed by atoms with Crippen molar-refractivity contribution in [2.75, 3.05) is 26.2 Å². The van der Waals surface area contributed by atoms with Crippen molar-refractivity contribution in [1.82, 2.24) is 0 Å². The summed E-state index contributed by atoms with van der Waals surface area (Å²) >= 11 is 0. The van der Waals surface area contributed by atoms with Gasteiger partial charge in [-0.05, 0) is 38.5 Å². The summed E-state index contributed by atoms with van der Waals surface area (Å²) in [5.74, 6) is 0. The molecule has 316 valence electrons. The molecule has 0 bridgehead atoms. The monoisotopic (exact) mass is 798 g/mol. The molecular weight excluding hydrogens is 694 g/mol. The SMILES string of the molecule is CCCCCCCCCCCCCCCCCCCCCC[N+](CCC)(CCC)CCCCCCCCCCCCCCCCCCCCCC.[Br-]. The fraction of sp³-hybridized carbons (Fsp3) is 1.00. The largest absolute Gasteiger partial charge is 1.00 e. The first-order valence-corrected chi connectivity index (χ1v) is 25.1. The first-order chi connectivity index (χ1) is 25.2. The highest BCUT2D eigenvalue weighted by Gasteiger charge is 2.24. The molecule has 0 aliphatic rings. The number of halogens is 1. The molecular formula is C50H104BrN. The average Bonchev–Trinajstić information content (AvgIpc) is 3.13. The van der Waals surface area contributed by atoms with Gasteiger partial charge in [-0.15, -0.1) is 0 Å². The molecule has 2 heteroatoms. The summed E-state index contributed by atoms with van der Waals surface area (Å²) in [5, 5.41) is 0. The van der Waals surface area contributed by atoms with Crippen molar-refractivity contribution in [3.63, 3.8) is 0 Å². The first-order valence-electron chi connectivity index (χ1n) is 25.1. The van der Waals surface area contributed by atoms with Crippen LogP contribution in [-0.4, -0.2) is 30.7 Å². The number of hydrogen-bond acceptors (Lipinski definition) is 0. The van der Waals surface area contributed by atoms with Crippen LogP contribution >= 0.6 is 0 Å². The lowest BCUT2D eigenvalue weighted by Gasteiger charge is -2.39. The Kier molecular flexibility index (Phi) is 49.9. The van der Waals surface area contributed by atoms with Gasteiger partial charge in [0.2, 0.25) is 0 Å². The third kappa shape index (κ3) is 41.6. The topological polar surface area (TPSA) is 0 Å². The Morgan fingerprint density at radius 2 is 0.327 bits per heavy atom. The van der Waals surface area contributed by atoms with Gasteiger partial charge in [0.05, 0.1) is 26.2 Å². The molecule has 0 saturated carbocycles. The van der Waals surface area contributed by atoms with Crippen LogP contribution in [0.2, 0.25) is 0 Å². The molecule has 0 heterocycles. The van der Waals surface area contributed by atoms with Crippen molar-refractivity contribution in [3.8, 4) is 0 Å². The summed E-state index contributed by atoms with van der Waals surface area (Å²) in [6.07, 6.45) is 61.8. The van der Waals surface area contributed by atoms with E-state index in [-0.39, 0.29) is 17.0 Å². The van der Waals surface area contributed by atoms with Gasteiger partial charge < -0.3 is 21.5 Å². The van der Waals surface area contributed by atoms with Crippen molar-refractivity contribution in [1.29, 1.82) is 0 Å². The van der Waals surface area contributed by atoms with Gasteiger partial charge >= 0.3 is 0 Å². The first kappa shape index (κ1) is 54.5. The van der Waals surface area contributed by atoms with E-state index in [0.717, 1.165) is 0 Å². The molecule has 0 unspecified atom stereocenters. The second kappa shape index (κ2) is 47.6. The van der Waals surface area contributed by atoms with Crippen molar-refractivity contribution >= 4 is 0 Å². The van der Waals surface area contributed by atoms with Gasteiger partial charge in [-0.25, -0.2) is 0 Å². The lowest BCUT2D eigenvalue weighted by atomic mass is 10.0. The molecule has 0 atom stereocenters. The second-order valence-electron chi connectivity index (χ2n) is 17.7. The average molecular weight is 799 g/mol. The third-order valence-electron chi connectivity index (χ3n) is 12.4. The van der Waals surface area contributed by atoms with Crippen LogP contribution < -0.4 is 17.0 Å². The van der Waals surface area contributed by atoms with Gasteiger partial charge in [-0.3, -0.25) is 0 Å². The molecule has 0 fully saturated rings. The van der Waals surface area contributed by atoms with Crippen LogP contribution in [-0.2, 0) is 0 Å². The summed E-state index contributed by atoms with van der Waals surface area (Å²) in [7, 11) is 0. The van der Waals surface area contributed by atoms with E-state index in [2.05, 4.69) is 27.7 Å². The predicted molar refractivity (Wildman–Crippen MR) is 236 cm³/mol. The fourth-order valence-corrected chi connectivity index (χ4v) is 9.02. The van der Waals surface area contributed by atoms with E-state index < -0.39 is 0 Å². The normalized spacial score (nSPS) is 11.8. The number of hydrogen-bond donors (Lipinski definition) is 0. The molecule has 0 aliphatic carbocycles. The molecule has 0 spiro atoms. The molecule has 0 N–H and O–H groups in total. The van der Waals surface area contributed by atoms with E-state index in [1.54, 1.807) is 0 Å². The van der Waals surface area contributed by atoms with Crippen molar-refractivity contribution in [3.05, 3.63) is 0 Å². The molecule has 0 aromatic rings. The van der Waals surface area contributed by atoms with E-state index in [9.17, 15) is 0 Å². The minimum absolute atomic E-state index is 0. The Bertz CT molecular complexity index is 553. The van der Waals surface area contributed by atoms with Crippen LogP contribution in [0, 0.1) is 0 Å². The molecule has 0 aromatic heterocycles. The van der Waals surface area contributed by atoms with Crippen LogP contribution in [0.3, 0.4) is 0 Å². The maximum absolute atomic E-state index is 2.43. The number of unbranched alkanes of at least 4 members (excludes halogenated alkanes) is 38. The molecule has 0 aromatic carbocycles. The smallest absolute Gasteiger partial charge is 0.0786 e. The van der Waals surface area contributed by atoms with Gasteiger partial charge in [-0.2, -0.15) is 0 Å². The van der Waals surface area contributed by atoms with E-state index in [1.807, 2.05) is 0 Å². The molecule has 0 amide bonds. The summed E-state index contributed by atoms with van der Waals surface area (Å²) in [6.45, 7) is 15.2. The third-order valence-corrected chi connectivity index (χ3v) is 12.4. The van der Waals surface area contributed by atoms with Crippen molar-refractivity contribution in [2.24, 2.45) is 0 Å². The Balaban J connectivity index is 0. The van der Waals surface area contributed by atoms with Crippen molar-refractivity contribution in [2.45, 2.75) is 297 Å². The van der Waals surface area contributed by atoms with Crippen LogP contribution in [0.15, 0.2) is 0 Å². The van der Waals surface area contributed by atoms with Crippen molar-refractivity contribution < 1.29 is 21.5 Å². The second-order valence-corrected chi connectivity index (χ2v) is 17.7. The summed E-state index contributed by atoms with van der Waals surface area (Å²) in [5.41, 5.74) is 0. The lowest BCUT2D eigenvalue weighted by Crippen LogP contribution is -3.00. The fourth-order valence-electron chi connectivity index (χ4n) is 9.02. The zero-order valence-electron chi connectivity index (χ0n) is 37.4. The number of rotatable bonds is 46. The minimum Gasteiger partial charge on any atom is -1.00 e. The van der Waals surface area contributed by atoms with E-state index in [1.165, 1.54) is 300 Å². The summed E-state index contributed by atoms with van der Waals surface area (Å²) in [6, 6.07) is 0. The summed E-state index contributed by atoms with van der Waals surface area (Å²) < 4.78 is 1.44. The maximum Gasteiger partial charge on any atom is 0.0786 e. The van der Waals surface area contributed by atoms with Crippen LogP contribution in [0.25, 0.3) is 0 Å². The predicted octanol–water partition coefficient (Wildman–Crippen LogP) is 15.3. The van der Waals surface area contributed by atoms with E-state index >= 15 is 0 Å². The number of quaternary nitrogens is 1. The molecule has 0 saturated heterocycles. The van der Waals surface area contributed by atoms with E-state index in [4.69, 9.17) is 0 Å². The highest BCUT2D eigenvalue weighted by Crippen LogP contribution is 2.20. The van der Waals surface area contributed by atoms with Crippen LogP contribution in [0.4, 0.5) is 0 Å². The minimum atomic E-state index is 0. The van der Waals surface area contributed by atoms with Gasteiger partial charge in [0.15, 0.2) is 0 Å². The maximum atomic E-state index is 2.43. The molecule has 0 radical (unpaired) electrons.